The minimum atomic E-state index is -0.619. The molecule has 0 saturated heterocycles. The van der Waals surface area contributed by atoms with Crippen molar-refractivity contribution in [3.05, 3.63) is 123 Å². The zero-order valence-corrected chi connectivity index (χ0v) is 22.1. The highest BCUT2D eigenvalue weighted by Gasteiger charge is 2.33. The summed E-state index contributed by atoms with van der Waals surface area (Å²) < 4.78 is 11.1. The predicted octanol–water partition coefficient (Wildman–Crippen LogP) is 8.27. The number of thioether (sulfide) groups is 1. The standard InChI is InChI=1S/C31H24ClNO4S/c1-2-36-31(35)28-29(34)27(38-30(28)33-24-10-4-3-5-11-24)18-20-13-15-26(25(32)17-20)37-19-21-12-14-22-8-6-7-9-23(22)16-21/h3-18,34H,2,19H2,1H3/b27-18-,33-30?. The maximum Gasteiger partial charge on any atom is 0.344 e. The molecule has 4 aromatic rings. The number of hydrogen-bond acceptors (Lipinski definition) is 6. The number of esters is 1. The van der Waals surface area contributed by atoms with E-state index in [1.54, 1.807) is 25.1 Å². The number of para-hydroxylation sites is 1. The van der Waals surface area contributed by atoms with Crippen LogP contribution in [0.2, 0.25) is 5.02 Å². The fraction of sp³-hybridized carbons (Fsp3) is 0.0968. The summed E-state index contributed by atoms with van der Waals surface area (Å²) in [6.07, 6.45) is 1.76. The highest BCUT2D eigenvalue weighted by atomic mass is 35.5. The average molecular weight is 542 g/mol. The molecule has 1 aliphatic heterocycles. The van der Waals surface area contributed by atoms with E-state index in [4.69, 9.17) is 21.1 Å². The largest absolute Gasteiger partial charge is 0.506 e. The number of carbonyl (C=O) groups excluding carboxylic acids is 1. The van der Waals surface area contributed by atoms with Crippen molar-refractivity contribution >= 4 is 56.9 Å². The van der Waals surface area contributed by atoms with Gasteiger partial charge in [-0.05, 0) is 65.2 Å². The van der Waals surface area contributed by atoms with Gasteiger partial charge in [-0.2, -0.15) is 0 Å². The summed E-state index contributed by atoms with van der Waals surface area (Å²) in [6.45, 7) is 2.29. The van der Waals surface area contributed by atoms with Gasteiger partial charge in [-0.25, -0.2) is 9.79 Å². The van der Waals surface area contributed by atoms with E-state index in [9.17, 15) is 9.90 Å². The molecule has 1 N–H and O–H groups in total. The van der Waals surface area contributed by atoms with Crippen LogP contribution in [0.3, 0.4) is 0 Å². The molecule has 0 fully saturated rings. The molecule has 0 amide bonds. The molecule has 7 heteroatoms. The number of aliphatic hydroxyl groups excluding tert-OH is 1. The molecule has 0 aromatic heterocycles. The molecule has 38 heavy (non-hydrogen) atoms. The second-order valence-corrected chi connectivity index (χ2v) is 9.91. The normalized spacial score (nSPS) is 15.4. The molecule has 0 unspecified atom stereocenters. The summed E-state index contributed by atoms with van der Waals surface area (Å²) in [7, 11) is 0. The van der Waals surface area contributed by atoms with Crippen LogP contribution in [-0.2, 0) is 16.1 Å². The molecule has 5 rings (SSSR count). The number of halogens is 1. The lowest BCUT2D eigenvalue weighted by Crippen LogP contribution is -2.12. The van der Waals surface area contributed by atoms with Crippen LogP contribution in [0.4, 0.5) is 5.69 Å². The maximum absolute atomic E-state index is 12.6. The van der Waals surface area contributed by atoms with Crippen LogP contribution in [0.1, 0.15) is 18.1 Å². The third kappa shape index (κ3) is 5.77. The van der Waals surface area contributed by atoms with E-state index in [-0.39, 0.29) is 17.9 Å². The van der Waals surface area contributed by atoms with E-state index in [1.165, 1.54) is 17.1 Å². The second kappa shape index (κ2) is 11.6. The highest BCUT2D eigenvalue weighted by molar-refractivity contribution is 8.18. The molecule has 0 atom stereocenters. The lowest BCUT2D eigenvalue weighted by molar-refractivity contribution is -0.138. The Morgan fingerprint density at radius 1 is 0.974 bits per heavy atom. The van der Waals surface area contributed by atoms with Gasteiger partial charge in [0.25, 0.3) is 0 Å². The van der Waals surface area contributed by atoms with Crippen molar-refractivity contribution in [1.82, 2.24) is 0 Å². The first-order valence-corrected chi connectivity index (χ1v) is 13.3. The smallest absolute Gasteiger partial charge is 0.344 e. The van der Waals surface area contributed by atoms with E-state index in [1.807, 2.05) is 54.6 Å². The molecule has 0 spiro atoms. The first-order valence-electron chi connectivity index (χ1n) is 12.1. The van der Waals surface area contributed by atoms with Crippen molar-refractivity contribution in [3.63, 3.8) is 0 Å². The molecular formula is C31H24ClNO4S. The second-order valence-electron chi connectivity index (χ2n) is 8.47. The van der Waals surface area contributed by atoms with Crippen molar-refractivity contribution < 1.29 is 19.4 Å². The molecule has 1 aliphatic rings. The number of rotatable bonds is 7. The van der Waals surface area contributed by atoms with Crippen molar-refractivity contribution in [2.24, 2.45) is 4.99 Å². The number of carbonyl (C=O) groups is 1. The number of fused-ring (bicyclic) bond motifs is 1. The van der Waals surface area contributed by atoms with Gasteiger partial charge in [-0.1, -0.05) is 84.0 Å². The first-order chi connectivity index (χ1) is 18.5. The van der Waals surface area contributed by atoms with Gasteiger partial charge in [-0.3, -0.25) is 0 Å². The molecule has 4 aromatic carbocycles. The Labute approximate surface area is 230 Å². The van der Waals surface area contributed by atoms with Crippen LogP contribution in [-0.4, -0.2) is 22.7 Å². The Morgan fingerprint density at radius 3 is 2.50 bits per heavy atom. The topological polar surface area (TPSA) is 68.1 Å². The van der Waals surface area contributed by atoms with Crippen molar-refractivity contribution in [1.29, 1.82) is 0 Å². The summed E-state index contributed by atoms with van der Waals surface area (Å²) in [6, 6.07) is 29.0. The molecule has 0 bridgehead atoms. The van der Waals surface area contributed by atoms with E-state index >= 15 is 0 Å². The molecule has 0 aliphatic carbocycles. The fourth-order valence-corrected chi connectivity index (χ4v) is 5.26. The molecular weight excluding hydrogens is 518 g/mol. The van der Waals surface area contributed by atoms with Gasteiger partial charge in [0.05, 0.1) is 22.2 Å². The van der Waals surface area contributed by atoms with Gasteiger partial charge in [0.2, 0.25) is 0 Å². The number of aliphatic hydroxyl groups is 1. The predicted molar refractivity (Wildman–Crippen MR) is 155 cm³/mol. The first kappa shape index (κ1) is 25.6. The van der Waals surface area contributed by atoms with Gasteiger partial charge in [-0.15, -0.1) is 0 Å². The molecule has 190 valence electrons. The fourth-order valence-electron chi connectivity index (χ4n) is 3.98. The summed E-state index contributed by atoms with van der Waals surface area (Å²) in [5, 5.41) is 14.1. The van der Waals surface area contributed by atoms with Crippen LogP contribution in [0.15, 0.2) is 112 Å². The molecule has 0 saturated carbocycles. The van der Waals surface area contributed by atoms with E-state index in [2.05, 4.69) is 29.3 Å². The van der Waals surface area contributed by atoms with Gasteiger partial charge < -0.3 is 14.6 Å². The minimum Gasteiger partial charge on any atom is -0.506 e. The van der Waals surface area contributed by atoms with Crippen molar-refractivity contribution in [3.8, 4) is 5.75 Å². The Hall–Kier alpha value is -4.00. The number of benzene rings is 4. The molecule has 1 heterocycles. The number of aliphatic imine (C=N–C) groups is 1. The summed E-state index contributed by atoms with van der Waals surface area (Å²) in [5.74, 6) is -0.235. The summed E-state index contributed by atoms with van der Waals surface area (Å²) in [5.41, 5.74) is 2.50. The zero-order valence-electron chi connectivity index (χ0n) is 20.6. The number of ether oxygens (including phenoxy) is 2. The quantitative estimate of drug-likeness (QED) is 0.238. The van der Waals surface area contributed by atoms with Gasteiger partial charge in [0.1, 0.15) is 28.7 Å². The summed E-state index contributed by atoms with van der Waals surface area (Å²) >= 11 is 7.74. The Morgan fingerprint density at radius 2 is 1.74 bits per heavy atom. The number of hydrogen-bond donors (Lipinski definition) is 1. The SMILES string of the molecule is CCOC(=O)C1=C(O)/C(=C/c2ccc(OCc3ccc4ccccc4c3)c(Cl)c2)SC1=Nc1ccccc1. The maximum atomic E-state index is 12.6. The van der Waals surface area contributed by atoms with Crippen LogP contribution in [0, 0.1) is 0 Å². The number of nitrogens with zero attached hydrogens (tertiary/aromatic N) is 1. The molecule has 5 nitrogen and oxygen atoms in total. The minimum absolute atomic E-state index is 0.0494. The lowest BCUT2D eigenvalue weighted by atomic mass is 10.1. The van der Waals surface area contributed by atoms with E-state index < -0.39 is 5.97 Å². The van der Waals surface area contributed by atoms with Gasteiger partial charge >= 0.3 is 5.97 Å². The van der Waals surface area contributed by atoms with Crippen LogP contribution >= 0.6 is 23.4 Å². The lowest BCUT2D eigenvalue weighted by Gasteiger charge is -2.10. The zero-order chi connectivity index (χ0) is 26.5. The van der Waals surface area contributed by atoms with Crippen molar-refractivity contribution in [2.45, 2.75) is 13.5 Å². The van der Waals surface area contributed by atoms with Crippen LogP contribution in [0.25, 0.3) is 16.8 Å². The average Bonchev–Trinajstić information content (AvgIpc) is 3.22. The van der Waals surface area contributed by atoms with Crippen molar-refractivity contribution in [2.75, 3.05) is 6.61 Å². The van der Waals surface area contributed by atoms with E-state index in [0.717, 1.165) is 16.5 Å². The highest BCUT2D eigenvalue weighted by Crippen LogP contribution is 2.40. The monoisotopic (exact) mass is 541 g/mol. The Balaban J connectivity index is 1.37. The Kier molecular flexibility index (Phi) is 7.82. The third-order valence-electron chi connectivity index (χ3n) is 5.82. The van der Waals surface area contributed by atoms with Crippen LogP contribution in [0.5, 0.6) is 5.75 Å². The van der Waals surface area contributed by atoms with E-state index in [0.29, 0.717) is 33.0 Å². The van der Waals surface area contributed by atoms with Gasteiger partial charge in [0, 0.05) is 0 Å². The van der Waals surface area contributed by atoms with Gasteiger partial charge in [0.15, 0.2) is 0 Å². The third-order valence-corrected chi connectivity index (χ3v) is 7.13. The Bertz CT molecular complexity index is 1590. The van der Waals surface area contributed by atoms with Crippen LogP contribution < -0.4 is 4.74 Å². The molecule has 0 radical (unpaired) electrons. The summed E-state index contributed by atoms with van der Waals surface area (Å²) in [4.78, 5) is 17.7.